The van der Waals surface area contributed by atoms with Gasteiger partial charge in [0.25, 0.3) is 5.91 Å². The van der Waals surface area contributed by atoms with Crippen LogP contribution in [0.5, 0.6) is 5.75 Å². The van der Waals surface area contributed by atoms with Crippen molar-refractivity contribution in [2.75, 3.05) is 11.9 Å². The Morgan fingerprint density at radius 1 is 1.31 bits per heavy atom. The Balaban J connectivity index is 2.29. The summed E-state index contributed by atoms with van der Waals surface area (Å²) in [7, 11) is 0. The van der Waals surface area contributed by atoms with Crippen molar-refractivity contribution in [3.05, 3.63) is 52.9 Å². The lowest BCUT2D eigenvalue weighted by molar-refractivity contribution is -0.112. The first-order valence-electron chi connectivity index (χ1n) is 8.83. The Labute approximate surface area is 154 Å². The van der Waals surface area contributed by atoms with Gasteiger partial charge in [0.2, 0.25) is 0 Å². The van der Waals surface area contributed by atoms with Gasteiger partial charge >= 0.3 is 0 Å². The lowest BCUT2D eigenvalue weighted by Gasteiger charge is -2.11. The predicted octanol–water partition coefficient (Wildman–Crippen LogP) is 4.46. The molecule has 0 bridgehead atoms. The van der Waals surface area contributed by atoms with Gasteiger partial charge < -0.3 is 14.6 Å². The number of hydrogen-bond donors (Lipinski definition) is 1. The van der Waals surface area contributed by atoms with Gasteiger partial charge in [-0.05, 0) is 57.0 Å². The van der Waals surface area contributed by atoms with E-state index in [9.17, 15) is 10.1 Å². The number of rotatable bonds is 7. The van der Waals surface area contributed by atoms with Gasteiger partial charge in [-0.3, -0.25) is 4.79 Å². The number of benzene rings is 1. The fourth-order valence-corrected chi connectivity index (χ4v) is 2.89. The lowest BCUT2D eigenvalue weighted by atomic mass is 10.1. The summed E-state index contributed by atoms with van der Waals surface area (Å²) < 4.78 is 7.71. The molecule has 26 heavy (non-hydrogen) atoms. The summed E-state index contributed by atoms with van der Waals surface area (Å²) in [5, 5.41) is 12.2. The number of aromatic nitrogens is 1. The van der Waals surface area contributed by atoms with Crippen molar-refractivity contribution in [3.8, 4) is 11.8 Å². The molecule has 5 nitrogen and oxygen atoms in total. The number of hydrogen-bond acceptors (Lipinski definition) is 3. The molecule has 1 N–H and O–H groups in total. The first-order valence-corrected chi connectivity index (χ1v) is 8.83. The topological polar surface area (TPSA) is 67.0 Å². The van der Waals surface area contributed by atoms with Gasteiger partial charge in [0.15, 0.2) is 0 Å². The van der Waals surface area contributed by atoms with Gasteiger partial charge in [0.1, 0.15) is 17.4 Å². The Morgan fingerprint density at radius 2 is 2.04 bits per heavy atom. The van der Waals surface area contributed by atoms with Crippen LogP contribution in [-0.4, -0.2) is 17.1 Å². The highest BCUT2D eigenvalue weighted by molar-refractivity contribution is 6.10. The molecule has 0 unspecified atom stereocenters. The summed E-state index contributed by atoms with van der Waals surface area (Å²) in [6.07, 6.45) is 2.67. The molecule has 0 aliphatic rings. The van der Waals surface area contributed by atoms with Crippen molar-refractivity contribution < 1.29 is 9.53 Å². The summed E-state index contributed by atoms with van der Waals surface area (Å²) in [6.45, 7) is 9.46. The Morgan fingerprint density at radius 3 is 2.69 bits per heavy atom. The second-order valence-corrected chi connectivity index (χ2v) is 6.03. The van der Waals surface area contributed by atoms with E-state index in [0.717, 1.165) is 29.9 Å². The highest BCUT2D eigenvalue weighted by Crippen LogP contribution is 2.25. The number of nitrogens with zero attached hydrogens (tertiary/aromatic N) is 2. The number of aryl methyl sites for hydroxylation is 1. The van der Waals surface area contributed by atoms with Crippen molar-refractivity contribution in [2.45, 2.75) is 40.7 Å². The van der Waals surface area contributed by atoms with E-state index < -0.39 is 5.91 Å². The van der Waals surface area contributed by atoms with Crippen LogP contribution < -0.4 is 10.1 Å². The standard InChI is InChI=1S/C21H25N3O2/c1-5-11-24-15(3)12-17(16(24)4)13-18(14-22)21(25)23-19-9-7-8-10-20(19)26-6-2/h7-10,12-13H,5-6,11H2,1-4H3,(H,23,25). The fourth-order valence-electron chi connectivity index (χ4n) is 2.89. The lowest BCUT2D eigenvalue weighted by Crippen LogP contribution is -2.14. The minimum atomic E-state index is -0.444. The minimum Gasteiger partial charge on any atom is -0.492 e. The zero-order valence-corrected chi connectivity index (χ0v) is 15.8. The zero-order chi connectivity index (χ0) is 19.1. The van der Waals surface area contributed by atoms with E-state index >= 15 is 0 Å². The maximum Gasteiger partial charge on any atom is 0.266 e. The molecule has 0 spiro atoms. The van der Waals surface area contributed by atoms with Crippen molar-refractivity contribution in [1.29, 1.82) is 5.26 Å². The van der Waals surface area contributed by atoms with E-state index in [4.69, 9.17) is 4.74 Å². The van der Waals surface area contributed by atoms with E-state index in [0.29, 0.717) is 18.0 Å². The maximum absolute atomic E-state index is 12.6. The van der Waals surface area contributed by atoms with Crippen molar-refractivity contribution in [3.63, 3.8) is 0 Å². The number of carbonyl (C=O) groups excluding carboxylic acids is 1. The summed E-state index contributed by atoms with van der Waals surface area (Å²) in [5.74, 6) is 0.140. The monoisotopic (exact) mass is 351 g/mol. The number of anilines is 1. The minimum absolute atomic E-state index is 0.0630. The molecule has 0 fully saturated rings. The van der Waals surface area contributed by atoms with Crippen LogP contribution in [0.15, 0.2) is 35.9 Å². The average Bonchev–Trinajstić information content (AvgIpc) is 2.89. The van der Waals surface area contributed by atoms with E-state index in [1.54, 1.807) is 18.2 Å². The first-order chi connectivity index (χ1) is 12.5. The maximum atomic E-state index is 12.6. The number of amides is 1. The number of para-hydroxylation sites is 2. The molecule has 136 valence electrons. The van der Waals surface area contributed by atoms with Crippen LogP contribution in [0.2, 0.25) is 0 Å². The molecule has 1 aromatic heterocycles. The SMILES string of the molecule is CCCn1c(C)cc(C=C(C#N)C(=O)Nc2ccccc2OCC)c1C. The zero-order valence-electron chi connectivity index (χ0n) is 15.8. The van der Waals surface area contributed by atoms with E-state index in [1.807, 2.05) is 45.0 Å². The number of carbonyl (C=O) groups is 1. The van der Waals surface area contributed by atoms with E-state index in [1.165, 1.54) is 0 Å². The largest absolute Gasteiger partial charge is 0.492 e. The van der Waals surface area contributed by atoms with Crippen molar-refractivity contribution in [2.24, 2.45) is 0 Å². The third-order valence-corrected chi connectivity index (χ3v) is 4.16. The van der Waals surface area contributed by atoms with Crippen LogP contribution in [0.1, 0.15) is 37.2 Å². The predicted molar refractivity (Wildman–Crippen MR) is 104 cm³/mol. The first kappa shape index (κ1) is 19.3. The molecule has 0 saturated heterocycles. The van der Waals surface area contributed by atoms with Crippen LogP contribution in [0.3, 0.4) is 0 Å². The molecule has 0 radical (unpaired) electrons. The fraction of sp³-hybridized carbons (Fsp3) is 0.333. The summed E-state index contributed by atoms with van der Waals surface area (Å²) in [4.78, 5) is 12.6. The van der Waals surface area contributed by atoms with Gasteiger partial charge in [-0.1, -0.05) is 19.1 Å². The molecule has 1 aromatic carbocycles. The number of nitriles is 1. The molecular weight excluding hydrogens is 326 g/mol. The van der Waals surface area contributed by atoms with Crippen molar-refractivity contribution in [1.82, 2.24) is 4.57 Å². The van der Waals surface area contributed by atoms with Gasteiger partial charge in [0, 0.05) is 17.9 Å². The molecule has 1 amide bonds. The molecule has 2 rings (SSSR count). The van der Waals surface area contributed by atoms with Gasteiger partial charge in [-0.15, -0.1) is 0 Å². The van der Waals surface area contributed by atoms with Crippen LogP contribution in [0.4, 0.5) is 5.69 Å². The second kappa shape index (κ2) is 8.91. The third kappa shape index (κ3) is 4.34. The summed E-state index contributed by atoms with van der Waals surface area (Å²) in [5.41, 5.74) is 3.68. The van der Waals surface area contributed by atoms with E-state index in [-0.39, 0.29) is 5.57 Å². The van der Waals surface area contributed by atoms with E-state index in [2.05, 4.69) is 16.8 Å². The Kier molecular flexibility index (Phi) is 6.62. The van der Waals surface area contributed by atoms with Crippen LogP contribution in [0, 0.1) is 25.2 Å². The molecule has 2 aromatic rings. The normalized spacial score (nSPS) is 11.1. The third-order valence-electron chi connectivity index (χ3n) is 4.16. The number of nitrogens with one attached hydrogen (secondary N) is 1. The Bertz CT molecular complexity index is 857. The highest BCUT2D eigenvalue weighted by Gasteiger charge is 2.14. The molecule has 1 heterocycles. The van der Waals surface area contributed by atoms with Gasteiger partial charge in [0.05, 0.1) is 12.3 Å². The van der Waals surface area contributed by atoms with Gasteiger partial charge in [-0.25, -0.2) is 0 Å². The number of ether oxygens (including phenoxy) is 1. The summed E-state index contributed by atoms with van der Waals surface area (Å²) in [6, 6.07) is 11.2. The molecule has 0 saturated carbocycles. The van der Waals surface area contributed by atoms with Crippen LogP contribution in [-0.2, 0) is 11.3 Å². The van der Waals surface area contributed by atoms with Crippen LogP contribution >= 0.6 is 0 Å². The molecule has 0 atom stereocenters. The molecule has 5 heteroatoms. The Hall–Kier alpha value is -3.00. The molecule has 0 aliphatic carbocycles. The molecular formula is C21H25N3O2. The summed E-state index contributed by atoms with van der Waals surface area (Å²) >= 11 is 0. The highest BCUT2D eigenvalue weighted by atomic mass is 16.5. The van der Waals surface area contributed by atoms with Crippen LogP contribution in [0.25, 0.3) is 6.08 Å². The quantitative estimate of drug-likeness (QED) is 0.591. The molecule has 0 aliphatic heterocycles. The second-order valence-electron chi connectivity index (χ2n) is 6.03. The van der Waals surface area contributed by atoms with Crippen molar-refractivity contribution >= 4 is 17.7 Å². The average molecular weight is 351 g/mol. The smallest absolute Gasteiger partial charge is 0.266 e. The van der Waals surface area contributed by atoms with Gasteiger partial charge in [-0.2, -0.15) is 5.26 Å².